The average Bonchev–Trinajstić information content (AvgIpc) is 3.14. The maximum atomic E-state index is 2.80. The molecular weight excluding hydrogens is 416 g/mol. The molecule has 0 radical (unpaired) electrons. The van der Waals surface area contributed by atoms with Crippen molar-refractivity contribution in [3.05, 3.63) is 0 Å². The molecule has 0 N–H and O–H groups in total. The van der Waals surface area contributed by atoms with Crippen LogP contribution < -0.4 is 0 Å². The highest BCUT2D eigenvalue weighted by Gasteiger charge is 2.62. The summed E-state index contributed by atoms with van der Waals surface area (Å²) in [7, 11) is 0. The van der Waals surface area contributed by atoms with Crippen LogP contribution in [-0.4, -0.2) is 11.5 Å². The lowest BCUT2D eigenvalue weighted by Gasteiger charge is -2.64. The third kappa shape index (κ3) is 4.73. The largest absolute Gasteiger partial charge is 0.162 e. The number of thioether (sulfide) groups is 1. The second-order valence-corrected chi connectivity index (χ2v) is 15.6. The highest BCUT2D eigenvalue weighted by molar-refractivity contribution is 7.99. The van der Waals surface area contributed by atoms with E-state index in [9.17, 15) is 0 Å². The molecule has 33 heavy (non-hydrogen) atoms. The predicted molar refractivity (Wildman–Crippen MR) is 149 cm³/mol. The SMILES string of the molecule is CCC(C)C1CC2C3CCC(C(C)CCCC(C)C)C3(C)CCC2C2(C)CCC(SC)CC12. The first-order chi connectivity index (χ1) is 15.7. The molecule has 4 fully saturated rings. The molecule has 0 aromatic heterocycles. The highest BCUT2D eigenvalue weighted by Crippen LogP contribution is 2.70. The predicted octanol–water partition coefficient (Wildman–Crippen LogP) is 10.1. The van der Waals surface area contributed by atoms with Crippen LogP contribution in [0, 0.1) is 64.1 Å². The number of hydrogen-bond donors (Lipinski definition) is 0. The van der Waals surface area contributed by atoms with Gasteiger partial charge in [0.15, 0.2) is 0 Å². The maximum absolute atomic E-state index is 2.80. The Morgan fingerprint density at radius 1 is 0.788 bits per heavy atom. The van der Waals surface area contributed by atoms with Crippen LogP contribution in [0.5, 0.6) is 0 Å². The molecule has 4 saturated carbocycles. The first-order valence-electron chi connectivity index (χ1n) is 15.2. The minimum absolute atomic E-state index is 0.630. The van der Waals surface area contributed by atoms with Gasteiger partial charge in [-0.15, -0.1) is 0 Å². The molecule has 0 aliphatic heterocycles. The van der Waals surface area contributed by atoms with Crippen molar-refractivity contribution in [2.75, 3.05) is 6.26 Å². The van der Waals surface area contributed by atoms with E-state index < -0.39 is 0 Å². The molecule has 4 aliphatic carbocycles. The molecule has 11 unspecified atom stereocenters. The number of rotatable bonds is 8. The van der Waals surface area contributed by atoms with Crippen molar-refractivity contribution in [3.8, 4) is 0 Å². The Kier molecular flexibility index (Phi) is 8.31. The minimum Gasteiger partial charge on any atom is -0.162 e. The summed E-state index contributed by atoms with van der Waals surface area (Å²) in [6.45, 7) is 18.1. The number of hydrogen-bond acceptors (Lipinski definition) is 1. The molecule has 0 amide bonds. The molecule has 192 valence electrons. The van der Waals surface area contributed by atoms with Gasteiger partial charge in [-0.3, -0.25) is 0 Å². The summed E-state index contributed by atoms with van der Waals surface area (Å²) in [5.41, 5.74) is 1.27. The van der Waals surface area contributed by atoms with Crippen LogP contribution in [0.4, 0.5) is 0 Å². The van der Waals surface area contributed by atoms with Crippen LogP contribution in [-0.2, 0) is 0 Å². The van der Waals surface area contributed by atoms with Gasteiger partial charge in [0.25, 0.3) is 0 Å². The second kappa shape index (κ2) is 10.4. The Morgan fingerprint density at radius 3 is 2.15 bits per heavy atom. The zero-order valence-electron chi connectivity index (χ0n) is 23.7. The summed E-state index contributed by atoms with van der Waals surface area (Å²) in [5.74, 6) is 8.78. The van der Waals surface area contributed by atoms with Crippen molar-refractivity contribution in [1.29, 1.82) is 0 Å². The smallest absolute Gasteiger partial charge is 0.00474 e. The van der Waals surface area contributed by atoms with Crippen LogP contribution in [0.3, 0.4) is 0 Å². The molecule has 0 aromatic rings. The molecule has 0 heterocycles. The molecule has 0 spiro atoms. The van der Waals surface area contributed by atoms with Gasteiger partial charge in [-0.25, -0.2) is 0 Å². The van der Waals surface area contributed by atoms with Gasteiger partial charge >= 0.3 is 0 Å². The summed E-state index contributed by atoms with van der Waals surface area (Å²) in [6, 6.07) is 0. The fourth-order valence-corrected chi connectivity index (χ4v) is 11.3. The average molecular weight is 475 g/mol. The van der Waals surface area contributed by atoms with Crippen molar-refractivity contribution in [1.82, 2.24) is 0 Å². The lowest BCUT2D eigenvalue weighted by molar-refractivity contribution is -0.145. The molecule has 0 saturated heterocycles. The van der Waals surface area contributed by atoms with Gasteiger partial charge in [0, 0.05) is 5.25 Å². The van der Waals surface area contributed by atoms with Crippen LogP contribution >= 0.6 is 11.8 Å². The monoisotopic (exact) mass is 474 g/mol. The summed E-state index contributed by atoms with van der Waals surface area (Å²) in [4.78, 5) is 0. The molecule has 1 heteroatoms. The third-order valence-corrected chi connectivity index (χ3v) is 13.7. The van der Waals surface area contributed by atoms with E-state index in [1.165, 1.54) is 51.4 Å². The van der Waals surface area contributed by atoms with E-state index in [4.69, 9.17) is 0 Å². The third-order valence-electron chi connectivity index (χ3n) is 12.6. The fourth-order valence-electron chi connectivity index (χ4n) is 10.5. The molecule has 0 nitrogen and oxygen atoms in total. The van der Waals surface area contributed by atoms with E-state index in [1.54, 1.807) is 25.7 Å². The first kappa shape index (κ1) is 26.4. The lowest BCUT2D eigenvalue weighted by Crippen LogP contribution is -2.57. The Labute approximate surface area is 212 Å². The normalized spacial score (nSPS) is 47.0. The van der Waals surface area contributed by atoms with Crippen molar-refractivity contribution >= 4 is 11.8 Å². The van der Waals surface area contributed by atoms with E-state index in [1.807, 2.05) is 0 Å². The van der Waals surface area contributed by atoms with Crippen LogP contribution in [0.2, 0.25) is 0 Å². The second-order valence-electron chi connectivity index (χ2n) is 14.4. The summed E-state index contributed by atoms with van der Waals surface area (Å²) in [6.07, 6.45) is 20.4. The van der Waals surface area contributed by atoms with Gasteiger partial charge in [-0.05, 0) is 122 Å². The summed E-state index contributed by atoms with van der Waals surface area (Å²) >= 11 is 2.18. The van der Waals surface area contributed by atoms with E-state index in [0.29, 0.717) is 10.8 Å². The van der Waals surface area contributed by atoms with E-state index >= 15 is 0 Å². The summed E-state index contributed by atoms with van der Waals surface area (Å²) in [5, 5.41) is 0.933. The molecule has 4 aliphatic rings. The van der Waals surface area contributed by atoms with Gasteiger partial charge in [-0.2, -0.15) is 11.8 Å². The highest BCUT2D eigenvalue weighted by atomic mass is 32.2. The quantitative estimate of drug-likeness (QED) is 0.337. The molecule has 4 rings (SSSR count). The van der Waals surface area contributed by atoms with E-state index in [2.05, 4.69) is 66.5 Å². The number of fused-ring (bicyclic) bond motifs is 5. The molecular formula is C32H58S. The minimum atomic E-state index is 0.630. The van der Waals surface area contributed by atoms with Crippen molar-refractivity contribution in [2.24, 2.45) is 64.1 Å². The Bertz CT molecular complexity index is 640. The Balaban J connectivity index is 1.55. The van der Waals surface area contributed by atoms with Crippen LogP contribution in [0.25, 0.3) is 0 Å². The zero-order chi connectivity index (χ0) is 24.0. The van der Waals surface area contributed by atoms with Crippen molar-refractivity contribution in [2.45, 2.75) is 131 Å². The van der Waals surface area contributed by atoms with Gasteiger partial charge < -0.3 is 0 Å². The van der Waals surface area contributed by atoms with Gasteiger partial charge in [0.2, 0.25) is 0 Å². The Hall–Kier alpha value is 0.350. The maximum Gasteiger partial charge on any atom is 0.00474 e. The van der Waals surface area contributed by atoms with Crippen LogP contribution in [0.15, 0.2) is 0 Å². The van der Waals surface area contributed by atoms with E-state index in [-0.39, 0.29) is 0 Å². The lowest BCUT2D eigenvalue weighted by atomic mass is 9.41. The summed E-state index contributed by atoms with van der Waals surface area (Å²) < 4.78 is 0. The van der Waals surface area contributed by atoms with Gasteiger partial charge in [0.05, 0.1) is 0 Å². The molecule has 0 bridgehead atoms. The standard InChI is InChI=1S/C32H58S/c1-9-22(4)25-20-26-28-14-13-27(23(5)12-10-11-21(2)3)31(28,6)18-16-29(26)32(7)17-15-24(33-8)19-30(25)32/h21-30H,9-20H2,1-8H3. The molecule has 11 atom stereocenters. The van der Waals surface area contributed by atoms with Gasteiger partial charge in [-0.1, -0.05) is 74.1 Å². The zero-order valence-corrected chi connectivity index (χ0v) is 24.5. The van der Waals surface area contributed by atoms with Crippen molar-refractivity contribution in [3.63, 3.8) is 0 Å². The fraction of sp³-hybridized carbons (Fsp3) is 1.00. The molecule has 0 aromatic carbocycles. The Morgan fingerprint density at radius 2 is 1.48 bits per heavy atom. The van der Waals surface area contributed by atoms with Crippen molar-refractivity contribution < 1.29 is 0 Å². The van der Waals surface area contributed by atoms with Gasteiger partial charge in [0.1, 0.15) is 0 Å². The topological polar surface area (TPSA) is 0 Å². The first-order valence-corrected chi connectivity index (χ1v) is 16.5. The van der Waals surface area contributed by atoms with E-state index in [0.717, 1.165) is 58.5 Å². The van der Waals surface area contributed by atoms with Crippen LogP contribution in [0.1, 0.15) is 126 Å².